The molecule has 21 heavy (non-hydrogen) atoms. The van der Waals surface area contributed by atoms with Crippen LogP contribution in [-0.4, -0.2) is 64.1 Å². The zero-order valence-corrected chi connectivity index (χ0v) is 12.2. The van der Waals surface area contributed by atoms with Crippen LogP contribution in [0.1, 0.15) is 12.5 Å². The van der Waals surface area contributed by atoms with Crippen LogP contribution in [0.2, 0.25) is 0 Å². The van der Waals surface area contributed by atoms with Crippen molar-refractivity contribution in [2.75, 3.05) is 31.5 Å². The number of urea groups is 1. The average molecular weight is 292 g/mol. The molecule has 1 aliphatic heterocycles. The molecule has 0 radical (unpaired) electrons. The number of amides is 2. The van der Waals surface area contributed by atoms with E-state index in [1.165, 1.54) is 0 Å². The Labute approximate surface area is 123 Å². The molecular formula is C14H20N4O3. The summed E-state index contributed by atoms with van der Waals surface area (Å²) in [5.74, 6) is -0.834. The van der Waals surface area contributed by atoms with Gasteiger partial charge >= 0.3 is 12.0 Å². The Morgan fingerprint density at radius 2 is 2.00 bits per heavy atom. The number of rotatable bonds is 3. The molecule has 1 aliphatic rings. The molecule has 0 saturated carbocycles. The Morgan fingerprint density at radius 3 is 2.57 bits per heavy atom. The van der Waals surface area contributed by atoms with Crippen molar-refractivity contribution in [3.05, 3.63) is 24.0 Å². The second-order valence-corrected chi connectivity index (χ2v) is 5.16. The maximum absolute atomic E-state index is 12.2. The number of nitrogens with zero attached hydrogens (tertiary/aromatic N) is 3. The number of carboxylic acids is 1. The number of hydrogen-bond donors (Lipinski definition) is 2. The standard InChI is InChI=1S/C14H20N4O3/c1-10-3-4-15-9-12(10)16-14(21)18-7-5-17(6-8-18)11(2)13(19)20/h3-4,9,11H,5-8H2,1-2H3,(H,16,21)(H,19,20). The maximum atomic E-state index is 12.2. The highest BCUT2D eigenvalue weighted by molar-refractivity contribution is 5.90. The summed E-state index contributed by atoms with van der Waals surface area (Å²) in [4.78, 5) is 30.7. The minimum absolute atomic E-state index is 0.172. The number of piperazine rings is 1. The Morgan fingerprint density at radius 1 is 1.33 bits per heavy atom. The number of aryl methyl sites for hydroxylation is 1. The molecule has 1 aromatic heterocycles. The van der Waals surface area contributed by atoms with Crippen LogP contribution in [0, 0.1) is 6.92 Å². The predicted molar refractivity (Wildman–Crippen MR) is 78.2 cm³/mol. The van der Waals surface area contributed by atoms with E-state index in [0.29, 0.717) is 31.9 Å². The summed E-state index contributed by atoms with van der Waals surface area (Å²) >= 11 is 0. The molecule has 0 aromatic carbocycles. The molecule has 114 valence electrons. The Bertz CT molecular complexity index is 527. The van der Waals surface area contributed by atoms with E-state index in [1.807, 2.05) is 17.9 Å². The summed E-state index contributed by atoms with van der Waals surface area (Å²) < 4.78 is 0. The molecule has 1 aromatic rings. The summed E-state index contributed by atoms with van der Waals surface area (Å²) in [5.41, 5.74) is 1.65. The topological polar surface area (TPSA) is 85.8 Å². The van der Waals surface area contributed by atoms with Gasteiger partial charge in [0.2, 0.25) is 0 Å². The number of nitrogens with one attached hydrogen (secondary N) is 1. The quantitative estimate of drug-likeness (QED) is 0.868. The van der Waals surface area contributed by atoms with E-state index < -0.39 is 12.0 Å². The van der Waals surface area contributed by atoms with Crippen molar-refractivity contribution in [3.8, 4) is 0 Å². The fraction of sp³-hybridized carbons (Fsp3) is 0.500. The van der Waals surface area contributed by atoms with E-state index in [0.717, 1.165) is 5.56 Å². The lowest BCUT2D eigenvalue weighted by atomic mass is 10.2. The minimum atomic E-state index is -0.834. The molecule has 1 atom stereocenters. The summed E-state index contributed by atoms with van der Waals surface area (Å²) in [5, 5.41) is 11.8. The summed E-state index contributed by atoms with van der Waals surface area (Å²) in [6, 6.07) is 1.15. The maximum Gasteiger partial charge on any atom is 0.321 e. The zero-order chi connectivity index (χ0) is 15.4. The van der Waals surface area contributed by atoms with Crippen molar-refractivity contribution in [1.29, 1.82) is 0 Å². The second-order valence-electron chi connectivity index (χ2n) is 5.16. The monoisotopic (exact) mass is 292 g/mol. The van der Waals surface area contributed by atoms with Crippen molar-refractivity contribution in [3.63, 3.8) is 0 Å². The van der Waals surface area contributed by atoms with Crippen molar-refractivity contribution < 1.29 is 14.7 Å². The lowest BCUT2D eigenvalue weighted by Crippen LogP contribution is -2.54. The molecule has 2 heterocycles. The van der Waals surface area contributed by atoms with Gasteiger partial charge in [-0.15, -0.1) is 0 Å². The molecule has 0 bridgehead atoms. The number of pyridine rings is 1. The van der Waals surface area contributed by atoms with E-state index in [2.05, 4.69) is 10.3 Å². The van der Waals surface area contributed by atoms with Gasteiger partial charge in [0, 0.05) is 32.4 Å². The van der Waals surface area contributed by atoms with E-state index >= 15 is 0 Å². The van der Waals surface area contributed by atoms with E-state index in [-0.39, 0.29) is 6.03 Å². The van der Waals surface area contributed by atoms with E-state index in [1.54, 1.807) is 24.2 Å². The fourth-order valence-electron chi connectivity index (χ4n) is 2.26. The first-order valence-corrected chi connectivity index (χ1v) is 6.92. The summed E-state index contributed by atoms with van der Waals surface area (Å²) in [7, 11) is 0. The van der Waals surface area contributed by atoms with Crippen LogP contribution in [0.5, 0.6) is 0 Å². The molecule has 7 nitrogen and oxygen atoms in total. The number of aliphatic carboxylic acids is 1. The number of carbonyl (C=O) groups is 2. The number of carbonyl (C=O) groups excluding carboxylic acids is 1. The van der Waals surface area contributed by atoms with Crippen molar-refractivity contribution in [1.82, 2.24) is 14.8 Å². The Kier molecular flexibility index (Phi) is 4.74. The second kappa shape index (κ2) is 6.53. The molecule has 7 heteroatoms. The minimum Gasteiger partial charge on any atom is -0.480 e. The van der Waals surface area contributed by atoms with Crippen LogP contribution < -0.4 is 5.32 Å². The first-order chi connectivity index (χ1) is 9.99. The molecule has 0 spiro atoms. The third-order valence-electron chi connectivity index (χ3n) is 3.79. The molecule has 1 unspecified atom stereocenters. The summed E-state index contributed by atoms with van der Waals surface area (Å²) in [6.45, 7) is 5.73. The highest BCUT2D eigenvalue weighted by Gasteiger charge is 2.27. The third-order valence-corrected chi connectivity index (χ3v) is 3.79. The number of carboxylic acid groups (broad SMARTS) is 1. The van der Waals surface area contributed by atoms with Gasteiger partial charge in [0.25, 0.3) is 0 Å². The summed E-state index contributed by atoms with van der Waals surface area (Å²) in [6.07, 6.45) is 3.30. The van der Waals surface area contributed by atoms with Crippen LogP contribution in [0.4, 0.5) is 10.5 Å². The van der Waals surface area contributed by atoms with Crippen molar-refractivity contribution in [2.24, 2.45) is 0 Å². The van der Waals surface area contributed by atoms with Gasteiger partial charge in [-0.3, -0.25) is 14.7 Å². The fourth-order valence-corrected chi connectivity index (χ4v) is 2.26. The van der Waals surface area contributed by atoms with Crippen LogP contribution in [0.3, 0.4) is 0 Å². The highest BCUT2D eigenvalue weighted by Crippen LogP contribution is 2.13. The van der Waals surface area contributed by atoms with Gasteiger partial charge in [0.1, 0.15) is 6.04 Å². The molecule has 2 N–H and O–H groups in total. The number of hydrogen-bond acceptors (Lipinski definition) is 4. The van der Waals surface area contributed by atoms with Gasteiger partial charge in [-0.1, -0.05) is 0 Å². The highest BCUT2D eigenvalue weighted by atomic mass is 16.4. The van der Waals surface area contributed by atoms with Crippen LogP contribution >= 0.6 is 0 Å². The molecule has 1 fully saturated rings. The van der Waals surface area contributed by atoms with Crippen LogP contribution in [0.25, 0.3) is 0 Å². The third kappa shape index (κ3) is 3.69. The van der Waals surface area contributed by atoms with E-state index in [4.69, 9.17) is 5.11 Å². The van der Waals surface area contributed by atoms with Gasteiger partial charge in [-0.25, -0.2) is 4.79 Å². The van der Waals surface area contributed by atoms with Gasteiger partial charge in [0.05, 0.1) is 11.9 Å². The first-order valence-electron chi connectivity index (χ1n) is 6.92. The molecule has 1 saturated heterocycles. The van der Waals surface area contributed by atoms with Crippen LogP contribution in [-0.2, 0) is 4.79 Å². The zero-order valence-electron chi connectivity index (χ0n) is 12.2. The number of aromatic nitrogens is 1. The van der Waals surface area contributed by atoms with Crippen molar-refractivity contribution >= 4 is 17.7 Å². The average Bonchev–Trinajstić information content (AvgIpc) is 2.49. The molecule has 0 aliphatic carbocycles. The SMILES string of the molecule is Cc1ccncc1NC(=O)N1CCN(C(C)C(=O)O)CC1. The van der Waals surface area contributed by atoms with Gasteiger partial charge < -0.3 is 15.3 Å². The first kappa shape index (κ1) is 15.2. The normalized spacial score (nSPS) is 17.3. The van der Waals surface area contributed by atoms with Crippen LogP contribution in [0.15, 0.2) is 18.5 Å². The molecule has 2 rings (SSSR count). The Balaban J connectivity index is 1.89. The van der Waals surface area contributed by atoms with Gasteiger partial charge in [-0.2, -0.15) is 0 Å². The lowest BCUT2D eigenvalue weighted by Gasteiger charge is -2.36. The number of anilines is 1. The van der Waals surface area contributed by atoms with Gasteiger partial charge in [-0.05, 0) is 25.5 Å². The smallest absolute Gasteiger partial charge is 0.321 e. The molecule has 2 amide bonds. The predicted octanol–water partition coefficient (Wildman–Crippen LogP) is 1.01. The van der Waals surface area contributed by atoms with Gasteiger partial charge in [0.15, 0.2) is 0 Å². The van der Waals surface area contributed by atoms with E-state index in [9.17, 15) is 9.59 Å². The largest absolute Gasteiger partial charge is 0.480 e. The Hall–Kier alpha value is -2.15. The van der Waals surface area contributed by atoms with Crippen molar-refractivity contribution in [2.45, 2.75) is 19.9 Å². The lowest BCUT2D eigenvalue weighted by molar-refractivity contribution is -0.143. The molecular weight excluding hydrogens is 272 g/mol.